The average Bonchev–Trinajstić information content (AvgIpc) is 3.63. The van der Waals surface area contributed by atoms with Gasteiger partial charge in [-0.1, -0.05) is 25.1 Å². The largest absolute Gasteiger partial charge is 0.497 e. The van der Waals surface area contributed by atoms with Gasteiger partial charge < -0.3 is 9.15 Å². The number of nitrogens with zero attached hydrogens (tertiary/aromatic N) is 4. The number of furan rings is 1. The lowest BCUT2D eigenvalue weighted by Crippen LogP contribution is -2.26. The normalized spacial score (nSPS) is 15.5. The van der Waals surface area contributed by atoms with Crippen molar-refractivity contribution in [1.29, 1.82) is 0 Å². The quantitative estimate of drug-likeness (QED) is 0.412. The lowest BCUT2D eigenvalue weighted by molar-refractivity contribution is -0.132. The van der Waals surface area contributed by atoms with Gasteiger partial charge in [-0.3, -0.25) is 4.79 Å². The second-order valence-electron chi connectivity index (χ2n) is 7.78. The number of carbonyl (C=O) groups is 1. The van der Waals surface area contributed by atoms with Crippen molar-refractivity contribution in [2.75, 3.05) is 7.11 Å². The van der Waals surface area contributed by atoms with Gasteiger partial charge >= 0.3 is 0 Å². The van der Waals surface area contributed by atoms with Crippen LogP contribution in [0.15, 0.2) is 88.7 Å². The fourth-order valence-electron chi connectivity index (χ4n) is 4.05. The summed E-state index contributed by atoms with van der Waals surface area (Å²) < 4.78 is 12.8. The van der Waals surface area contributed by atoms with Crippen LogP contribution in [0.3, 0.4) is 0 Å². The lowest BCUT2D eigenvalue weighted by atomic mass is 9.98. The molecule has 0 aliphatic carbocycles. The summed E-state index contributed by atoms with van der Waals surface area (Å²) in [5.41, 5.74) is 4.36. The molecule has 4 aromatic rings. The van der Waals surface area contributed by atoms with Crippen molar-refractivity contribution in [3.05, 3.63) is 90.5 Å². The van der Waals surface area contributed by atoms with Crippen LogP contribution < -0.4 is 4.74 Å². The van der Waals surface area contributed by atoms with Crippen molar-refractivity contribution >= 4 is 11.6 Å². The summed E-state index contributed by atoms with van der Waals surface area (Å²) in [5, 5.41) is 11.2. The predicted octanol–water partition coefficient (Wildman–Crippen LogP) is 5.23. The lowest BCUT2D eigenvalue weighted by Gasteiger charge is -2.21. The number of hydrazone groups is 1. The third kappa shape index (κ3) is 3.93. The Labute approximate surface area is 191 Å². The minimum Gasteiger partial charge on any atom is -0.497 e. The number of hydrogen-bond acceptors (Lipinski definition) is 5. The summed E-state index contributed by atoms with van der Waals surface area (Å²) in [6, 6.07) is 21.1. The molecule has 0 spiro atoms. The first-order valence-electron chi connectivity index (χ1n) is 10.9. The Morgan fingerprint density at radius 2 is 1.88 bits per heavy atom. The Kier molecular flexibility index (Phi) is 5.52. The molecule has 7 heteroatoms. The van der Waals surface area contributed by atoms with Crippen LogP contribution in [0.1, 0.15) is 37.1 Å². The molecule has 1 amide bonds. The summed E-state index contributed by atoms with van der Waals surface area (Å²) in [6.45, 7) is 1.84. The fourth-order valence-corrected chi connectivity index (χ4v) is 4.05. The molecule has 1 aliphatic rings. The highest BCUT2D eigenvalue weighted by atomic mass is 16.5. The maximum Gasteiger partial charge on any atom is 0.242 e. The van der Waals surface area contributed by atoms with Crippen LogP contribution in [0.5, 0.6) is 5.75 Å². The van der Waals surface area contributed by atoms with Crippen molar-refractivity contribution in [3.63, 3.8) is 0 Å². The molecule has 0 unspecified atom stereocenters. The van der Waals surface area contributed by atoms with E-state index in [-0.39, 0.29) is 11.9 Å². The van der Waals surface area contributed by atoms with E-state index in [1.165, 1.54) is 0 Å². The Hall–Kier alpha value is -4.13. The number of benzene rings is 2. The molecule has 7 nitrogen and oxygen atoms in total. The number of amides is 1. The molecule has 0 bridgehead atoms. The van der Waals surface area contributed by atoms with Crippen molar-refractivity contribution < 1.29 is 13.9 Å². The highest BCUT2D eigenvalue weighted by molar-refractivity contribution is 6.01. The zero-order valence-corrected chi connectivity index (χ0v) is 18.5. The van der Waals surface area contributed by atoms with Crippen LogP contribution in [0, 0.1) is 0 Å². The molecule has 0 saturated heterocycles. The van der Waals surface area contributed by atoms with Gasteiger partial charge in [-0.15, -0.1) is 0 Å². The Balaban J connectivity index is 1.62. The molecule has 2 aromatic carbocycles. The average molecular weight is 441 g/mol. The minimum absolute atomic E-state index is 0.0466. The van der Waals surface area contributed by atoms with Crippen LogP contribution in [0.2, 0.25) is 0 Å². The molecule has 5 rings (SSSR count). The van der Waals surface area contributed by atoms with Gasteiger partial charge in [0.1, 0.15) is 17.2 Å². The van der Waals surface area contributed by atoms with Gasteiger partial charge in [-0.2, -0.15) is 10.2 Å². The Morgan fingerprint density at radius 3 is 2.55 bits per heavy atom. The first-order valence-corrected chi connectivity index (χ1v) is 10.9. The first-order chi connectivity index (χ1) is 16.2. The molecular formula is C26H24N4O3. The maximum absolute atomic E-state index is 12.9. The van der Waals surface area contributed by atoms with E-state index < -0.39 is 0 Å². The SMILES string of the molecule is CCC(=O)N1N=C(c2ccco2)C[C@@H]1c1cn(-c2ccccc2)nc1-c1ccc(OC)cc1. The molecule has 33 heavy (non-hydrogen) atoms. The molecule has 0 fully saturated rings. The van der Waals surface area contributed by atoms with E-state index in [0.717, 1.165) is 34.0 Å². The van der Waals surface area contributed by atoms with Crippen LogP contribution >= 0.6 is 0 Å². The summed E-state index contributed by atoms with van der Waals surface area (Å²) in [5.74, 6) is 1.40. The second-order valence-corrected chi connectivity index (χ2v) is 7.78. The number of hydrogen-bond donors (Lipinski definition) is 0. The fraction of sp³-hybridized carbons (Fsp3) is 0.192. The van der Waals surface area contributed by atoms with Crippen LogP contribution in [0.25, 0.3) is 16.9 Å². The summed E-state index contributed by atoms with van der Waals surface area (Å²) in [7, 11) is 1.64. The summed E-state index contributed by atoms with van der Waals surface area (Å²) in [6.07, 6.45) is 4.52. The zero-order valence-electron chi connectivity index (χ0n) is 18.5. The summed E-state index contributed by atoms with van der Waals surface area (Å²) in [4.78, 5) is 12.9. The monoisotopic (exact) mass is 440 g/mol. The predicted molar refractivity (Wildman–Crippen MR) is 125 cm³/mol. The standard InChI is InChI=1S/C26H24N4O3/c1-3-25(31)30-23(16-22(27-30)24-10-7-15-33-24)21-17-29(19-8-5-4-6-9-19)28-26(21)18-11-13-20(32-2)14-12-18/h4-15,17,23H,3,16H2,1-2H3/t23-/m1/s1. The zero-order chi connectivity index (χ0) is 22.8. The van der Waals surface area contributed by atoms with Gasteiger partial charge in [0.15, 0.2) is 0 Å². The number of carbonyl (C=O) groups excluding carboxylic acids is 1. The van der Waals surface area contributed by atoms with Gasteiger partial charge in [-0.25, -0.2) is 9.69 Å². The number of methoxy groups -OCH3 is 1. The number of ether oxygens (including phenoxy) is 1. The highest BCUT2D eigenvalue weighted by Gasteiger charge is 2.36. The highest BCUT2D eigenvalue weighted by Crippen LogP contribution is 2.39. The van der Waals surface area contributed by atoms with Gasteiger partial charge in [0, 0.05) is 30.2 Å². The van der Waals surface area contributed by atoms with E-state index in [2.05, 4.69) is 5.10 Å². The van der Waals surface area contributed by atoms with Crippen molar-refractivity contribution in [2.24, 2.45) is 5.10 Å². The number of aromatic nitrogens is 2. The Morgan fingerprint density at radius 1 is 1.09 bits per heavy atom. The smallest absolute Gasteiger partial charge is 0.242 e. The van der Waals surface area contributed by atoms with Gasteiger partial charge in [0.05, 0.1) is 30.8 Å². The molecule has 0 N–H and O–H groups in total. The first kappa shape index (κ1) is 20.8. The third-order valence-electron chi connectivity index (χ3n) is 5.76. The molecular weight excluding hydrogens is 416 g/mol. The van der Waals surface area contributed by atoms with Gasteiger partial charge in [0.25, 0.3) is 0 Å². The minimum atomic E-state index is -0.285. The molecule has 3 heterocycles. The van der Waals surface area contributed by atoms with E-state index in [9.17, 15) is 4.79 Å². The van der Waals surface area contributed by atoms with Crippen molar-refractivity contribution in [3.8, 4) is 22.7 Å². The van der Waals surface area contributed by atoms with Crippen molar-refractivity contribution in [1.82, 2.24) is 14.8 Å². The van der Waals surface area contributed by atoms with Crippen LogP contribution in [-0.4, -0.2) is 33.5 Å². The topological polar surface area (TPSA) is 72.9 Å². The van der Waals surface area contributed by atoms with E-state index in [4.69, 9.17) is 14.3 Å². The molecule has 1 atom stereocenters. The third-order valence-corrected chi connectivity index (χ3v) is 5.76. The number of para-hydroxylation sites is 1. The van der Waals surface area contributed by atoms with Crippen LogP contribution in [0.4, 0.5) is 0 Å². The van der Waals surface area contributed by atoms with E-state index >= 15 is 0 Å². The van der Waals surface area contributed by atoms with Gasteiger partial charge in [0.2, 0.25) is 5.91 Å². The number of rotatable bonds is 6. The molecule has 0 saturated carbocycles. The summed E-state index contributed by atoms with van der Waals surface area (Å²) >= 11 is 0. The van der Waals surface area contributed by atoms with E-state index in [1.807, 2.05) is 84.5 Å². The Bertz CT molecular complexity index is 1280. The van der Waals surface area contributed by atoms with E-state index in [1.54, 1.807) is 18.4 Å². The van der Waals surface area contributed by atoms with E-state index in [0.29, 0.717) is 18.6 Å². The van der Waals surface area contributed by atoms with Gasteiger partial charge in [-0.05, 0) is 48.5 Å². The maximum atomic E-state index is 12.9. The molecule has 2 aromatic heterocycles. The molecule has 1 aliphatic heterocycles. The second kappa shape index (κ2) is 8.78. The molecule has 0 radical (unpaired) electrons. The molecule has 166 valence electrons. The van der Waals surface area contributed by atoms with Crippen LogP contribution in [-0.2, 0) is 4.79 Å². The van der Waals surface area contributed by atoms with Crippen molar-refractivity contribution in [2.45, 2.75) is 25.8 Å².